The van der Waals surface area contributed by atoms with Gasteiger partial charge in [0, 0.05) is 19.2 Å². The van der Waals surface area contributed by atoms with E-state index in [2.05, 4.69) is 10.6 Å². The number of methoxy groups -OCH3 is 1. The van der Waals surface area contributed by atoms with Gasteiger partial charge in [0.15, 0.2) is 0 Å². The number of hydrogen-bond acceptors (Lipinski definition) is 3. The molecule has 1 aromatic rings. The number of nitrogens with one attached hydrogen (secondary N) is 2. The van der Waals surface area contributed by atoms with Crippen molar-refractivity contribution >= 4 is 18.3 Å². The summed E-state index contributed by atoms with van der Waals surface area (Å²) in [5, 5.41) is 6.02. The lowest BCUT2D eigenvalue weighted by molar-refractivity contribution is -0.136. The number of rotatable bonds is 6. The molecule has 0 aromatic heterocycles. The smallest absolute Gasteiger partial charge is 0.228 e. The molecule has 1 heterocycles. The number of ether oxygens (including phenoxy) is 1. The van der Waals surface area contributed by atoms with Crippen molar-refractivity contribution in [2.45, 2.75) is 19.3 Å². The Hall–Kier alpha value is -1.24. The number of carbonyl (C=O) groups is 1. The minimum atomic E-state index is -0.581. The van der Waals surface area contributed by atoms with Crippen LogP contribution in [-0.2, 0) is 16.0 Å². The molecule has 0 radical (unpaired) electrons. The van der Waals surface area contributed by atoms with E-state index >= 15 is 0 Å². The highest BCUT2D eigenvalue weighted by Crippen LogP contribution is 2.29. The first-order chi connectivity index (χ1) is 10.6. The largest absolute Gasteiger partial charge is 0.384 e. The van der Waals surface area contributed by atoms with Crippen molar-refractivity contribution in [3.05, 3.63) is 35.4 Å². The van der Waals surface area contributed by atoms with Gasteiger partial charge in [0.1, 0.15) is 11.6 Å². The second kappa shape index (κ2) is 9.15. The van der Waals surface area contributed by atoms with Crippen LogP contribution in [-0.4, -0.2) is 39.3 Å². The predicted molar refractivity (Wildman–Crippen MR) is 86.7 cm³/mol. The molecule has 1 aliphatic heterocycles. The molecule has 7 heteroatoms. The first kappa shape index (κ1) is 19.8. The van der Waals surface area contributed by atoms with Crippen LogP contribution in [0.5, 0.6) is 0 Å². The zero-order valence-electron chi connectivity index (χ0n) is 13.2. The number of halogens is 3. The molecular formula is C16H23ClF2N2O2. The van der Waals surface area contributed by atoms with Crippen LogP contribution < -0.4 is 10.6 Å². The highest BCUT2D eigenvalue weighted by Gasteiger charge is 2.39. The zero-order chi connectivity index (χ0) is 16.0. The maximum Gasteiger partial charge on any atom is 0.228 e. The van der Waals surface area contributed by atoms with Crippen LogP contribution in [0.25, 0.3) is 0 Å². The molecular weight excluding hydrogens is 326 g/mol. The van der Waals surface area contributed by atoms with E-state index in [1.54, 1.807) is 7.11 Å². The molecule has 0 bridgehead atoms. The minimum absolute atomic E-state index is 0. The highest BCUT2D eigenvalue weighted by atomic mass is 35.5. The Morgan fingerprint density at radius 3 is 2.48 bits per heavy atom. The Morgan fingerprint density at radius 2 is 1.91 bits per heavy atom. The first-order valence-corrected chi connectivity index (χ1v) is 7.50. The molecule has 4 nitrogen and oxygen atoms in total. The van der Waals surface area contributed by atoms with Crippen molar-refractivity contribution in [3.63, 3.8) is 0 Å². The second-order valence-corrected chi connectivity index (χ2v) is 5.67. The van der Waals surface area contributed by atoms with Gasteiger partial charge in [-0.1, -0.05) is 6.07 Å². The lowest BCUT2D eigenvalue weighted by Crippen LogP contribution is -2.50. The number of piperidine rings is 1. The average molecular weight is 349 g/mol. The van der Waals surface area contributed by atoms with Gasteiger partial charge in [-0.2, -0.15) is 0 Å². The Morgan fingerprint density at radius 1 is 1.30 bits per heavy atom. The molecule has 130 valence electrons. The van der Waals surface area contributed by atoms with Crippen molar-refractivity contribution in [3.8, 4) is 0 Å². The maximum atomic E-state index is 13.5. The van der Waals surface area contributed by atoms with Crippen LogP contribution >= 0.6 is 12.4 Å². The minimum Gasteiger partial charge on any atom is -0.384 e. The lowest BCUT2D eigenvalue weighted by atomic mass is 9.78. The van der Waals surface area contributed by atoms with Crippen LogP contribution in [0, 0.1) is 17.0 Å². The highest BCUT2D eigenvalue weighted by molar-refractivity contribution is 5.85. The third-order valence-corrected chi connectivity index (χ3v) is 4.19. The summed E-state index contributed by atoms with van der Waals surface area (Å²) in [5.41, 5.74) is -0.540. The van der Waals surface area contributed by atoms with Gasteiger partial charge < -0.3 is 15.4 Å². The summed E-state index contributed by atoms with van der Waals surface area (Å²) in [7, 11) is 1.58. The fourth-order valence-electron chi connectivity index (χ4n) is 2.88. The molecule has 0 unspecified atom stereocenters. The van der Waals surface area contributed by atoms with Crippen molar-refractivity contribution < 1.29 is 18.3 Å². The van der Waals surface area contributed by atoms with Gasteiger partial charge in [0.2, 0.25) is 5.91 Å². The number of carbonyl (C=O) groups excluding carboxylic acids is 1. The summed E-state index contributed by atoms with van der Waals surface area (Å²) in [6.45, 7) is 2.08. The van der Waals surface area contributed by atoms with Gasteiger partial charge in [-0.15, -0.1) is 12.4 Å². The standard InChI is InChI=1S/C16H22F2N2O2.ClH/c1-22-11-16(6-9-19-10-7-16)15(21)20-8-5-12-13(17)3-2-4-14(12)18;/h2-4,19H,5-11H2,1H3,(H,20,21);1H. The molecule has 23 heavy (non-hydrogen) atoms. The first-order valence-electron chi connectivity index (χ1n) is 7.50. The van der Waals surface area contributed by atoms with Gasteiger partial charge in [-0.25, -0.2) is 8.78 Å². The predicted octanol–water partition coefficient (Wildman–Crippen LogP) is 2.06. The van der Waals surface area contributed by atoms with Crippen LogP contribution in [0.2, 0.25) is 0 Å². The molecule has 1 aliphatic rings. The normalized spacial score (nSPS) is 16.5. The topological polar surface area (TPSA) is 50.4 Å². The van der Waals surface area contributed by atoms with Crippen LogP contribution in [0.4, 0.5) is 8.78 Å². The van der Waals surface area contributed by atoms with E-state index in [1.165, 1.54) is 18.2 Å². The summed E-state index contributed by atoms with van der Waals surface area (Å²) in [6, 6.07) is 3.77. The van der Waals surface area contributed by atoms with Gasteiger partial charge in [0.05, 0.1) is 12.0 Å². The van der Waals surface area contributed by atoms with E-state index < -0.39 is 17.0 Å². The fourth-order valence-corrected chi connectivity index (χ4v) is 2.88. The number of benzene rings is 1. The second-order valence-electron chi connectivity index (χ2n) is 5.67. The van der Waals surface area contributed by atoms with E-state index in [9.17, 15) is 13.6 Å². The summed E-state index contributed by atoms with van der Waals surface area (Å²) in [5.74, 6) is -1.27. The van der Waals surface area contributed by atoms with Gasteiger partial charge in [-0.05, 0) is 44.5 Å². The van der Waals surface area contributed by atoms with Crippen molar-refractivity contribution in [1.29, 1.82) is 0 Å². The summed E-state index contributed by atoms with van der Waals surface area (Å²) in [6.07, 6.45) is 1.52. The molecule has 1 fully saturated rings. The number of amides is 1. The SMILES string of the molecule is COCC1(C(=O)NCCc2c(F)cccc2F)CCNCC1.Cl. The van der Waals surface area contributed by atoms with E-state index in [0.29, 0.717) is 19.4 Å². The van der Waals surface area contributed by atoms with Crippen molar-refractivity contribution in [2.24, 2.45) is 5.41 Å². The van der Waals surface area contributed by atoms with Gasteiger partial charge in [0.25, 0.3) is 0 Å². The summed E-state index contributed by atoms with van der Waals surface area (Å²) in [4.78, 5) is 12.5. The van der Waals surface area contributed by atoms with Crippen LogP contribution in [0.15, 0.2) is 18.2 Å². The average Bonchev–Trinajstić information content (AvgIpc) is 2.51. The lowest BCUT2D eigenvalue weighted by Gasteiger charge is -2.35. The molecule has 1 aromatic carbocycles. The van der Waals surface area contributed by atoms with Gasteiger partial charge in [-0.3, -0.25) is 4.79 Å². The Bertz CT molecular complexity index is 497. The third-order valence-electron chi connectivity index (χ3n) is 4.19. The van der Waals surface area contributed by atoms with Crippen molar-refractivity contribution in [2.75, 3.05) is 33.4 Å². The quantitative estimate of drug-likeness (QED) is 0.827. The van der Waals surface area contributed by atoms with Crippen LogP contribution in [0.1, 0.15) is 18.4 Å². The molecule has 2 N–H and O–H groups in total. The Labute approximate surface area is 141 Å². The fraction of sp³-hybridized carbons (Fsp3) is 0.562. The molecule has 0 aliphatic carbocycles. The molecule has 0 spiro atoms. The number of hydrogen-bond donors (Lipinski definition) is 2. The summed E-state index contributed by atoms with van der Waals surface area (Å²) < 4.78 is 32.3. The molecule has 2 rings (SSSR count). The maximum absolute atomic E-state index is 13.5. The van der Waals surface area contributed by atoms with Crippen molar-refractivity contribution in [1.82, 2.24) is 10.6 Å². The van der Waals surface area contributed by atoms with E-state index in [-0.39, 0.29) is 36.8 Å². The van der Waals surface area contributed by atoms with E-state index in [0.717, 1.165) is 13.1 Å². The van der Waals surface area contributed by atoms with Crippen LogP contribution in [0.3, 0.4) is 0 Å². The molecule has 0 atom stereocenters. The molecule has 1 amide bonds. The Kier molecular flexibility index (Phi) is 7.88. The molecule has 0 saturated carbocycles. The van der Waals surface area contributed by atoms with E-state index in [1.807, 2.05) is 0 Å². The third kappa shape index (κ3) is 4.86. The Balaban J connectivity index is 0.00000264. The molecule has 1 saturated heterocycles. The monoisotopic (exact) mass is 348 g/mol. The zero-order valence-corrected chi connectivity index (χ0v) is 14.0. The van der Waals surface area contributed by atoms with E-state index in [4.69, 9.17) is 4.74 Å². The summed E-state index contributed by atoms with van der Waals surface area (Å²) >= 11 is 0. The van der Waals surface area contributed by atoms with Gasteiger partial charge >= 0.3 is 0 Å².